The van der Waals surface area contributed by atoms with Crippen LogP contribution in [0.2, 0.25) is 5.02 Å². The van der Waals surface area contributed by atoms with Crippen molar-refractivity contribution in [3.05, 3.63) is 83.4 Å². The van der Waals surface area contributed by atoms with Crippen LogP contribution < -0.4 is 19.8 Å². The van der Waals surface area contributed by atoms with Crippen LogP contribution in [0, 0.1) is 0 Å². The lowest BCUT2D eigenvalue weighted by Crippen LogP contribution is -2.37. The van der Waals surface area contributed by atoms with E-state index in [1.165, 1.54) is 0 Å². The Hall–Kier alpha value is -3.18. The summed E-state index contributed by atoms with van der Waals surface area (Å²) in [7, 11) is 1.64. The summed E-state index contributed by atoms with van der Waals surface area (Å²) < 4.78 is 15.5. The molecule has 0 amide bonds. The van der Waals surface area contributed by atoms with Gasteiger partial charge in [0.25, 0.3) is 0 Å². The number of methoxy groups -OCH3 is 1. The molecule has 6 heteroatoms. The highest BCUT2D eigenvalue weighted by Gasteiger charge is 2.21. The number of imidazole rings is 1. The third-order valence-electron chi connectivity index (χ3n) is 4.94. The first-order chi connectivity index (χ1) is 14.2. The van der Waals surface area contributed by atoms with Gasteiger partial charge in [0.2, 0.25) is 0 Å². The molecule has 1 aromatic heterocycles. The van der Waals surface area contributed by atoms with E-state index in [1.54, 1.807) is 7.11 Å². The van der Waals surface area contributed by atoms with E-state index >= 15 is 0 Å². The number of halogens is 1. The maximum atomic E-state index is 6.55. The highest BCUT2D eigenvalue weighted by molar-refractivity contribution is 6.31. The molecule has 148 valence electrons. The summed E-state index contributed by atoms with van der Waals surface area (Å²) >= 11 is 6.37. The molecule has 2 N–H and O–H groups in total. The normalized spacial score (nSPS) is 11.0. The van der Waals surface area contributed by atoms with Crippen molar-refractivity contribution in [3.8, 4) is 11.5 Å². The molecule has 1 heterocycles. The number of nitrogen functional groups attached to an aromatic ring is 1. The van der Waals surface area contributed by atoms with E-state index in [-0.39, 0.29) is 0 Å². The molecular formula is C23H23ClN3O2+. The smallest absolute Gasteiger partial charge is 0.356 e. The van der Waals surface area contributed by atoms with Gasteiger partial charge in [-0.3, -0.25) is 5.73 Å². The van der Waals surface area contributed by atoms with Gasteiger partial charge in [-0.25, -0.2) is 9.13 Å². The number of rotatable bonds is 7. The quantitative estimate of drug-likeness (QED) is 0.464. The Balaban J connectivity index is 1.61. The summed E-state index contributed by atoms with van der Waals surface area (Å²) in [4.78, 5) is 0. The molecule has 0 aliphatic rings. The molecule has 0 fully saturated rings. The minimum Gasteiger partial charge on any atom is -0.493 e. The average Bonchev–Trinajstić information content (AvgIpc) is 3.01. The van der Waals surface area contributed by atoms with Crippen LogP contribution in [-0.4, -0.2) is 18.3 Å². The Kier molecular flexibility index (Phi) is 5.58. The van der Waals surface area contributed by atoms with Crippen molar-refractivity contribution in [2.24, 2.45) is 0 Å². The number of hydrogen-bond acceptors (Lipinski definition) is 3. The maximum absolute atomic E-state index is 6.55. The summed E-state index contributed by atoms with van der Waals surface area (Å²) in [6.45, 7) is 1.68. The molecule has 0 unspecified atom stereocenters. The number of nitrogens with two attached hydrogens (primary N) is 1. The molecule has 0 atom stereocenters. The third-order valence-corrected chi connectivity index (χ3v) is 5.31. The molecule has 0 aliphatic carbocycles. The largest absolute Gasteiger partial charge is 0.493 e. The van der Waals surface area contributed by atoms with Crippen LogP contribution >= 0.6 is 11.6 Å². The molecule has 3 aromatic carbocycles. The van der Waals surface area contributed by atoms with Crippen LogP contribution in [0.15, 0.2) is 72.8 Å². The van der Waals surface area contributed by atoms with Gasteiger partial charge < -0.3 is 9.47 Å². The second-order valence-electron chi connectivity index (χ2n) is 6.68. The van der Waals surface area contributed by atoms with Crippen LogP contribution in [-0.2, 0) is 13.1 Å². The average molecular weight is 409 g/mol. The van der Waals surface area contributed by atoms with Gasteiger partial charge in [-0.15, -0.1) is 0 Å². The van der Waals surface area contributed by atoms with Crippen molar-refractivity contribution in [1.29, 1.82) is 0 Å². The molecule has 4 rings (SSSR count). The van der Waals surface area contributed by atoms with Gasteiger partial charge in [-0.1, -0.05) is 54.1 Å². The van der Waals surface area contributed by atoms with E-state index in [2.05, 4.69) is 21.3 Å². The highest BCUT2D eigenvalue weighted by Crippen LogP contribution is 2.26. The number of ether oxygens (including phenoxy) is 2. The van der Waals surface area contributed by atoms with E-state index in [0.29, 0.717) is 37.1 Å². The van der Waals surface area contributed by atoms with E-state index in [9.17, 15) is 0 Å². The number of nitrogens with zero attached hydrogens (tertiary/aromatic N) is 2. The summed E-state index contributed by atoms with van der Waals surface area (Å²) in [5.74, 6) is 2.09. The molecule has 4 aromatic rings. The number of fused-ring (bicyclic) bond motifs is 1. The fourth-order valence-corrected chi connectivity index (χ4v) is 3.69. The van der Waals surface area contributed by atoms with Crippen LogP contribution in [0.1, 0.15) is 5.56 Å². The second-order valence-corrected chi connectivity index (χ2v) is 7.08. The molecule has 0 bridgehead atoms. The summed E-state index contributed by atoms with van der Waals surface area (Å²) in [5, 5.41) is 0.732. The van der Waals surface area contributed by atoms with Crippen molar-refractivity contribution in [1.82, 2.24) is 4.57 Å². The van der Waals surface area contributed by atoms with E-state index in [0.717, 1.165) is 21.6 Å². The number of anilines is 1. The van der Waals surface area contributed by atoms with Gasteiger partial charge in [0.15, 0.2) is 11.5 Å². The van der Waals surface area contributed by atoms with Crippen LogP contribution in [0.5, 0.6) is 11.5 Å². The van der Waals surface area contributed by atoms with Crippen molar-refractivity contribution >= 4 is 28.6 Å². The Morgan fingerprint density at radius 3 is 2.41 bits per heavy atom. The first kappa shape index (κ1) is 19.2. The minimum absolute atomic E-state index is 0.468. The van der Waals surface area contributed by atoms with E-state index in [1.807, 2.05) is 60.7 Å². The summed E-state index contributed by atoms with van der Waals surface area (Å²) in [5.41, 5.74) is 9.69. The lowest BCUT2D eigenvalue weighted by atomic mass is 10.2. The number of hydrogen-bond donors (Lipinski definition) is 1. The molecule has 0 saturated carbocycles. The fourth-order valence-electron chi connectivity index (χ4n) is 3.50. The van der Waals surface area contributed by atoms with Crippen LogP contribution in [0.3, 0.4) is 0 Å². The number of aromatic nitrogens is 2. The molecular weight excluding hydrogens is 386 g/mol. The SMILES string of the molecule is COc1ccccc1OCCn1c(N)[n+](Cc2ccccc2Cl)c2ccccc21. The van der Waals surface area contributed by atoms with E-state index < -0.39 is 0 Å². The lowest BCUT2D eigenvalue weighted by Gasteiger charge is -2.10. The Morgan fingerprint density at radius 1 is 0.931 bits per heavy atom. The zero-order valence-corrected chi connectivity index (χ0v) is 17.0. The Morgan fingerprint density at radius 2 is 1.62 bits per heavy atom. The second kappa shape index (κ2) is 8.45. The Bertz CT molecular complexity index is 1140. The van der Waals surface area contributed by atoms with E-state index in [4.69, 9.17) is 26.8 Å². The molecule has 0 spiro atoms. The summed E-state index contributed by atoms with van der Waals surface area (Å²) in [6, 6.07) is 23.6. The molecule has 0 aliphatic heterocycles. The van der Waals surface area contributed by atoms with Crippen molar-refractivity contribution in [3.63, 3.8) is 0 Å². The predicted molar refractivity (Wildman–Crippen MR) is 116 cm³/mol. The summed E-state index contributed by atoms with van der Waals surface area (Å²) in [6.07, 6.45) is 0. The van der Waals surface area contributed by atoms with Crippen molar-refractivity contribution in [2.75, 3.05) is 19.5 Å². The van der Waals surface area contributed by atoms with Gasteiger partial charge >= 0.3 is 5.95 Å². The molecule has 29 heavy (non-hydrogen) atoms. The minimum atomic E-state index is 0.468. The maximum Gasteiger partial charge on any atom is 0.356 e. The zero-order valence-electron chi connectivity index (χ0n) is 16.2. The van der Waals surface area contributed by atoms with Gasteiger partial charge in [0.05, 0.1) is 13.7 Å². The fraction of sp³-hybridized carbons (Fsp3) is 0.174. The highest BCUT2D eigenvalue weighted by atomic mass is 35.5. The number of para-hydroxylation sites is 4. The Labute approximate surface area is 174 Å². The standard InChI is InChI=1S/C23H22ClN3O2/c1-28-21-12-6-7-13-22(21)29-15-14-26-19-10-4-5-11-20(19)27(23(26)25)16-17-8-2-3-9-18(17)24/h2-13,25H,14-16H2,1H3/p+1. The third kappa shape index (κ3) is 3.87. The number of benzene rings is 3. The lowest BCUT2D eigenvalue weighted by molar-refractivity contribution is -0.648. The molecule has 0 saturated heterocycles. The van der Waals surface area contributed by atoms with Crippen LogP contribution in [0.25, 0.3) is 11.0 Å². The van der Waals surface area contributed by atoms with Crippen LogP contribution in [0.4, 0.5) is 5.95 Å². The van der Waals surface area contributed by atoms with Gasteiger partial charge in [0, 0.05) is 10.6 Å². The monoisotopic (exact) mass is 408 g/mol. The predicted octanol–water partition coefficient (Wildman–Crippen LogP) is 4.30. The van der Waals surface area contributed by atoms with Gasteiger partial charge in [-0.05, 0) is 30.3 Å². The van der Waals surface area contributed by atoms with Gasteiger partial charge in [0.1, 0.15) is 24.2 Å². The topological polar surface area (TPSA) is 53.3 Å². The van der Waals surface area contributed by atoms with Crippen molar-refractivity contribution in [2.45, 2.75) is 13.1 Å². The van der Waals surface area contributed by atoms with Gasteiger partial charge in [-0.2, -0.15) is 0 Å². The first-order valence-corrected chi connectivity index (χ1v) is 9.82. The molecule has 0 radical (unpaired) electrons. The first-order valence-electron chi connectivity index (χ1n) is 9.45. The zero-order chi connectivity index (χ0) is 20.2. The van der Waals surface area contributed by atoms with Crippen molar-refractivity contribution < 1.29 is 14.0 Å². The molecule has 5 nitrogen and oxygen atoms in total.